The standard InChI is InChI=1S/C13H18N4/c1-10-4-3-5-11(8-10)17(2)13-12(9-14)15-6-7-16-13/h6-7,10-11H,3-5,8H2,1-2H3. The van der Waals surface area contributed by atoms with Crippen LogP contribution in [0.2, 0.25) is 0 Å². The fourth-order valence-electron chi connectivity index (χ4n) is 2.59. The van der Waals surface area contributed by atoms with Crippen LogP contribution in [0.25, 0.3) is 0 Å². The second-order valence-corrected chi connectivity index (χ2v) is 4.88. The van der Waals surface area contributed by atoms with Crippen molar-refractivity contribution in [2.45, 2.75) is 38.6 Å². The number of aromatic nitrogens is 2. The van der Waals surface area contributed by atoms with E-state index in [9.17, 15) is 0 Å². The molecule has 2 rings (SSSR count). The van der Waals surface area contributed by atoms with E-state index >= 15 is 0 Å². The molecule has 2 atom stereocenters. The summed E-state index contributed by atoms with van der Waals surface area (Å²) in [5.74, 6) is 1.48. The lowest BCUT2D eigenvalue weighted by atomic mass is 9.86. The van der Waals surface area contributed by atoms with Crippen molar-refractivity contribution in [2.24, 2.45) is 5.92 Å². The summed E-state index contributed by atoms with van der Waals surface area (Å²) in [5, 5.41) is 9.04. The van der Waals surface area contributed by atoms with E-state index in [1.807, 2.05) is 7.05 Å². The Morgan fingerprint density at radius 2 is 2.12 bits per heavy atom. The van der Waals surface area contributed by atoms with Crippen molar-refractivity contribution >= 4 is 5.82 Å². The van der Waals surface area contributed by atoms with Gasteiger partial charge in [0.1, 0.15) is 6.07 Å². The molecule has 1 aliphatic carbocycles. The SMILES string of the molecule is CC1CCCC(N(C)c2nccnc2C#N)C1. The normalized spacial score (nSPS) is 24.1. The van der Waals surface area contributed by atoms with Gasteiger partial charge in [0.25, 0.3) is 0 Å². The molecule has 4 heteroatoms. The third-order valence-corrected chi connectivity index (χ3v) is 3.58. The first kappa shape index (κ1) is 11.8. The van der Waals surface area contributed by atoms with Gasteiger partial charge in [-0.2, -0.15) is 5.26 Å². The van der Waals surface area contributed by atoms with E-state index in [0.717, 1.165) is 5.92 Å². The lowest BCUT2D eigenvalue weighted by Crippen LogP contribution is -2.36. The second-order valence-electron chi connectivity index (χ2n) is 4.88. The first-order valence-corrected chi connectivity index (χ1v) is 6.16. The molecule has 0 saturated heterocycles. The molecule has 1 heterocycles. The average Bonchev–Trinajstić information content (AvgIpc) is 2.38. The van der Waals surface area contributed by atoms with Gasteiger partial charge in [0, 0.05) is 25.5 Å². The molecule has 0 spiro atoms. The highest BCUT2D eigenvalue weighted by atomic mass is 15.2. The predicted octanol–water partition coefficient (Wildman–Crippen LogP) is 2.36. The van der Waals surface area contributed by atoms with E-state index < -0.39 is 0 Å². The van der Waals surface area contributed by atoms with Crippen molar-refractivity contribution in [3.05, 3.63) is 18.1 Å². The summed E-state index contributed by atoms with van der Waals surface area (Å²) >= 11 is 0. The first-order valence-electron chi connectivity index (χ1n) is 6.16. The van der Waals surface area contributed by atoms with E-state index in [-0.39, 0.29) is 0 Å². The lowest BCUT2D eigenvalue weighted by Gasteiger charge is -2.34. The van der Waals surface area contributed by atoms with Crippen molar-refractivity contribution in [1.82, 2.24) is 9.97 Å². The van der Waals surface area contributed by atoms with E-state index in [2.05, 4.69) is 27.9 Å². The Labute approximate surface area is 102 Å². The molecule has 1 fully saturated rings. The van der Waals surface area contributed by atoms with Crippen LogP contribution in [0.5, 0.6) is 0 Å². The smallest absolute Gasteiger partial charge is 0.183 e. The number of rotatable bonds is 2. The molecular formula is C13H18N4. The Kier molecular flexibility index (Phi) is 3.58. The highest BCUT2D eigenvalue weighted by molar-refractivity contribution is 5.49. The molecule has 17 heavy (non-hydrogen) atoms. The van der Waals surface area contributed by atoms with E-state index in [1.165, 1.54) is 25.7 Å². The number of hydrogen-bond acceptors (Lipinski definition) is 4. The van der Waals surface area contributed by atoms with Crippen molar-refractivity contribution in [3.63, 3.8) is 0 Å². The van der Waals surface area contributed by atoms with Gasteiger partial charge in [-0.15, -0.1) is 0 Å². The molecule has 1 saturated carbocycles. The number of hydrogen-bond donors (Lipinski definition) is 0. The predicted molar refractivity (Wildman–Crippen MR) is 66.6 cm³/mol. The van der Waals surface area contributed by atoms with E-state index in [0.29, 0.717) is 17.6 Å². The van der Waals surface area contributed by atoms with Gasteiger partial charge in [0.15, 0.2) is 11.5 Å². The van der Waals surface area contributed by atoms with Crippen LogP contribution < -0.4 is 4.90 Å². The maximum absolute atomic E-state index is 9.04. The molecule has 4 nitrogen and oxygen atoms in total. The van der Waals surface area contributed by atoms with Crippen LogP contribution in [0.1, 0.15) is 38.3 Å². The van der Waals surface area contributed by atoms with Crippen molar-refractivity contribution in [3.8, 4) is 6.07 Å². The van der Waals surface area contributed by atoms with Crippen LogP contribution in [0.15, 0.2) is 12.4 Å². The van der Waals surface area contributed by atoms with Crippen LogP contribution in [0.3, 0.4) is 0 Å². The monoisotopic (exact) mass is 230 g/mol. The highest BCUT2D eigenvalue weighted by Crippen LogP contribution is 2.29. The molecule has 0 aliphatic heterocycles. The van der Waals surface area contributed by atoms with Crippen LogP contribution in [-0.2, 0) is 0 Å². The van der Waals surface area contributed by atoms with Crippen LogP contribution >= 0.6 is 0 Å². The van der Waals surface area contributed by atoms with Gasteiger partial charge in [0.2, 0.25) is 0 Å². The summed E-state index contributed by atoms with van der Waals surface area (Å²) in [5.41, 5.74) is 0.424. The number of anilines is 1. The molecule has 90 valence electrons. The molecule has 0 aromatic carbocycles. The Balaban J connectivity index is 2.19. The molecule has 0 N–H and O–H groups in total. The topological polar surface area (TPSA) is 52.8 Å². The molecule has 1 aromatic heterocycles. The van der Waals surface area contributed by atoms with Gasteiger partial charge in [0.05, 0.1) is 0 Å². The van der Waals surface area contributed by atoms with Gasteiger partial charge in [-0.1, -0.05) is 19.8 Å². The third-order valence-electron chi connectivity index (χ3n) is 3.58. The summed E-state index contributed by atoms with van der Waals surface area (Å²) in [7, 11) is 2.02. The summed E-state index contributed by atoms with van der Waals surface area (Å²) in [4.78, 5) is 10.5. The minimum absolute atomic E-state index is 0.424. The Hall–Kier alpha value is -1.63. The molecule has 0 radical (unpaired) electrons. The van der Waals surface area contributed by atoms with Gasteiger partial charge in [-0.05, 0) is 18.8 Å². The van der Waals surface area contributed by atoms with Crippen molar-refractivity contribution in [2.75, 3.05) is 11.9 Å². The molecule has 1 aromatic rings. The van der Waals surface area contributed by atoms with E-state index in [4.69, 9.17) is 5.26 Å². The van der Waals surface area contributed by atoms with Crippen molar-refractivity contribution < 1.29 is 0 Å². The molecule has 0 amide bonds. The average molecular weight is 230 g/mol. The lowest BCUT2D eigenvalue weighted by molar-refractivity contribution is 0.335. The maximum atomic E-state index is 9.04. The number of nitrogens with zero attached hydrogens (tertiary/aromatic N) is 4. The van der Waals surface area contributed by atoms with Gasteiger partial charge in [-0.3, -0.25) is 0 Å². The highest BCUT2D eigenvalue weighted by Gasteiger charge is 2.24. The zero-order valence-corrected chi connectivity index (χ0v) is 10.4. The first-order chi connectivity index (χ1) is 8.22. The minimum atomic E-state index is 0.424. The molecular weight excluding hydrogens is 212 g/mol. The van der Waals surface area contributed by atoms with E-state index in [1.54, 1.807) is 12.4 Å². The zero-order chi connectivity index (χ0) is 12.3. The maximum Gasteiger partial charge on any atom is 0.183 e. The van der Waals surface area contributed by atoms with Crippen molar-refractivity contribution in [1.29, 1.82) is 5.26 Å². The Morgan fingerprint density at radius 1 is 1.35 bits per heavy atom. The van der Waals surface area contributed by atoms with Crippen LogP contribution in [0, 0.1) is 17.2 Å². The quantitative estimate of drug-likeness (QED) is 0.782. The zero-order valence-electron chi connectivity index (χ0n) is 10.4. The minimum Gasteiger partial charge on any atom is -0.354 e. The summed E-state index contributed by atoms with van der Waals surface area (Å²) in [6.45, 7) is 2.29. The van der Waals surface area contributed by atoms with Gasteiger partial charge >= 0.3 is 0 Å². The molecule has 2 unspecified atom stereocenters. The Morgan fingerprint density at radius 3 is 2.82 bits per heavy atom. The Bertz CT molecular complexity index is 424. The summed E-state index contributed by atoms with van der Waals surface area (Å²) in [6, 6.07) is 2.60. The van der Waals surface area contributed by atoms with Gasteiger partial charge < -0.3 is 4.90 Å². The second kappa shape index (κ2) is 5.13. The third kappa shape index (κ3) is 2.55. The largest absolute Gasteiger partial charge is 0.354 e. The van der Waals surface area contributed by atoms with Crippen LogP contribution in [0.4, 0.5) is 5.82 Å². The molecule has 1 aliphatic rings. The summed E-state index contributed by atoms with van der Waals surface area (Å²) < 4.78 is 0. The fraction of sp³-hybridized carbons (Fsp3) is 0.615. The van der Waals surface area contributed by atoms with Crippen LogP contribution in [-0.4, -0.2) is 23.1 Å². The fourth-order valence-corrected chi connectivity index (χ4v) is 2.59. The number of nitriles is 1. The molecule has 0 bridgehead atoms. The van der Waals surface area contributed by atoms with Gasteiger partial charge in [-0.25, -0.2) is 9.97 Å². The summed E-state index contributed by atoms with van der Waals surface area (Å²) in [6.07, 6.45) is 8.16.